The van der Waals surface area contributed by atoms with E-state index in [0.717, 1.165) is 17.7 Å². The van der Waals surface area contributed by atoms with E-state index in [1.54, 1.807) is 19.9 Å². The molecule has 1 aromatic carbocycles. The van der Waals surface area contributed by atoms with Crippen molar-refractivity contribution in [1.82, 2.24) is 15.5 Å². The SMILES string of the molecule is CC(C)OC(=O)CC(NC(=O)CCN1C(=O)NC2(CCCC2)C1=O)c1ccccc1[N+](=O)[O-]. The Labute approximate surface area is 191 Å². The fraction of sp³-hybridized carbons (Fsp3) is 0.545. The van der Waals surface area contributed by atoms with Crippen molar-refractivity contribution in [2.75, 3.05) is 6.54 Å². The first-order valence-corrected chi connectivity index (χ1v) is 11.0. The van der Waals surface area contributed by atoms with Crippen LogP contribution in [0, 0.1) is 10.1 Å². The van der Waals surface area contributed by atoms with Crippen LogP contribution in [0.1, 0.15) is 64.0 Å². The number of nitrogens with one attached hydrogen (secondary N) is 2. The van der Waals surface area contributed by atoms with Crippen molar-refractivity contribution in [2.24, 2.45) is 0 Å². The number of esters is 1. The number of benzene rings is 1. The Morgan fingerprint density at radius 2 is 1.91 bits per heavy atom. The van der Waals surface area contributed by atoms with Gasteiger partial charge in [-0.2, -0.15) is 0 Å². The topological polar surface area (TPSA) is 148 Å². The van der Waals surface area contributed by atoms with Crippen molar-refractivity contribution >= 4 is 29.5 Å². The van der Waals surface area contributed by atoms with Crippen LogP contribution in [0.3, 0.4) is 0 Å². The van der Waals surface area contributed by atoms with Crippen LogP contribution in [0.2, 0.25) is 0 Å². The van der Waals surface area contributed by atoms with Gasteiger partial charge in [-0.15, -0.1) is 0 Å². The maximum atomic E-state index is 12.7. The lowest BCUT2D eigenvalue weighted by Crippen LogP contribution is -2.44. The van der Waals surface area contributed by atoms with Gasteiger partial charge < -0.3 is 15.4 Å². The van der Waals surface area contributed by atoms with Gasteiger partial charge in [0.2, 0.25) is 5.91 Å². The average Bonchev–Trinajstić information content (AvgIpc) is 3.30. The quantitative estimate of drug-likeness (QED) is 0.249. The summed E-state index contributed by atoms with van der Waals surface area (Å²) in [5.41, 5.74) is -0.935. The fourth-order valence-corrected chi connectivity index (χ4v) is 4.34. The minimum absolute atomic E-state index is 0.127. The number of amides is 4. The molecule has 1 saturated carbocycles. The molecule has 1 unspecified atom stereocenters. The molecule has 0 radical (unpaired) electrons. The zero-order valence-corrected chi connectivity index (χ0v) is 18.7. The number of carbonyl (C=O) groups excluding carboxylic acids is 4. The minimum Gasteiger partial charge on any atom is -0.463 e. The zero-order chi connectivity index (χ0) is 24.2. The predicted octanol–water partition coefficient (Wildman–Crippen LogP) is 2.35. The van der Waals surface area contributed by atoms with Crippen molar-refractivity contribution in [3.63, 3.8) is 0 Å². The number of nitro groups is 1. The van der Waals surface area contributed by atoms with Gasteiger partial charge in [0.15, 0.2) is 0 Å². The Balaban J connectivity index is 1.70. The summed E-state index contributed by atoms with van der Waals surface area (Å²) in [4.78, 5) is 61.9. The first-order valence-electron chi connectivity index (χ1n) is 11.0. The third-order valence-electron chi connectivity index (χ3n) is 5.85. The van der Waals surface area contributed by atoms with Crippen LogP contribution in [0.5, 0.6) is 0 Å². The van der Waals surface area contributed by atoms with Crippen molar-refractivity contribution in [3.8, 4) is 0 Å². The lowest BCUT2D eigenvalue weighted by molar-refractivity contribution is -0.385. The van der Waals surface area contributed by atoms with Gasteiger partial charge in [-0.3, -0.25) is 29.4 Å². The highest BCUT2D eigenvalue weighted by Gasteiger charge is 2.52. The summed E-state index contributed by atoms with van der Waals surface area (Å²) in [5.74, 6) is -1.50. The first-order chi connectivity index (χ1) is 15.6. The number of nitro benzene ring substituents is 1. The van der Waals surface area contributed by atoms with Crippen LogP contribution in [0.4, 0.5) is 10.5 Å². The molecule has 0 bridgehead atoms. The first kappa shape index (κ1) is 24.1. The molecule has 1 saturated heterocycles. The summed E-state index contributed by atoms with van der Waals surface area (Å²) in [6.07, 6.45) is 1.97. The van der Waals surface area contributed by atoms with E-state index in [0.29, 0.717) is 12.8 Å². The zero-order valence-electron chi connectivity index (χ0n) is 18.7. The third kappa shape index (κ3) is 5.47. The highest BCUT2D eigenvalue weighted by Crippen LogP contribution is 2.35. The predicted molar refractivity (Wildman–Crippen MR) is 116 cm³/mol. The Morgan fingerprint density at radius 3 is 2.55 bits per heavy atom. The molecule has 2 aliphatic rings. The smallest absolute Gasteiger partial charge is 0.325 e. The van der Waals surface area contributed by atoms with Crippen LogP contribution in [0.15, 0.2) is 24.3 Å². The van der Waals surface area contributed by atoms with E-state index in [-0.39, 0.29) is 42.6 Å². The van der Waals surface area contributed by atoms with E-state index < -0.39 is 34.4 Å². The average molecular weight is 460 g/mol. The summed E-state index contributed by atoms with van der Waals surface area (Å²) in [7, 11) is 0. The highest BCUT2D eigenvalue weighted by molar-refractivity contribution is 6.07. The van der Waals surface area contributed by atoms with E-state index in [9.17, 15) is 29.3 Å². The summed E-state index contributed by atoms with van der Waals surface area (Å²) in [6, 6.07) is 4.29. The molecule has 1 spiro atoms. The second-order valence-corrected chi connectivity index (χ2v) is 8.60. The summed E-state index contributed by atoms with van der Waals surface area (Å²) >= 11 is 0. The minimum atomic E-state index is -1.00. The van der Waals surface area contributed by atoms with E-state index in [4.69, 9.17) is 4.74 Å². The number of rotatable bonds is 9. The molecule has 178 valence electrons. The van der Waals surface area contributed by atoms with Gasteiger partial charge in [-0.25, -0.2) is 4.79 Å². The van der Waals surface area contributed by atoms with Gasteiger partial charge in [0.05, 0.1) is 29.1 Å². The number of imide groups is 1. The number of carbonyl (C=O) groups is 4. The number of ether oxygens (including phenoxy) is 1. The standard InChI is InChI=1S/C22H28N4O7/c1-14(2)33-19(28)13-16(15-7-3-4-8-17(15)26(31)32)23-18(27)9-12-25-20(29)22(24-21(25)30)10-5-6-11-22/h3-4,7-8,14,16H,5-6,9-13H2,1-2H3,(H,23,27)(H,24,30). The maximum Gasteiger partial charge on any atom is 0.325 e. The number of nitrogens with zero attached hydrogens (tertiary/aromatic N) is 2. The summed E-state index contributed by atoms with van der Waals surface area (Å²) < 4.78 is 5.14. The van der Waals surface area contributed by atoms with Gasteiger partial charge in [-0.1, -0.05) is 31.0 Å². The van der Waals surface area contributed by atoms with Gasteiger partial charge in [0.25, 0.3) is 11.6 Å². The normalized spacial score (nSPS) is 17.8. The number of hydrogen-bond donors (Lipinski definition) is 2. The van der Waals surface area contributed by atoms with Crippen LogP contribution in [-0.2, 0) is 19.1 Å². The Morgan fingerprint density at radius 1 is 1.24 bits per heavy atom. The lowest BCUT2D eigenvalue weighted by atomic mass is 9.98. The Bertz CT molecular complexity index is 956. The third-order valence-corrected chi connectivity index (χ3v) is 5.85. The molecule has 1 atom stereocenters. The van der Waals surface area contributed by atoms with E-state index in [1.165, 1.54) is 18.2 Å². The Hall–Kier alpha value is -3.50. The summed E-state index contributed by atoms with van der Waals surface area (Å²) in [6.45, 7) is 3.22. The molecule has 1 aliphatic carbocycles. The fourth-order valence-electron chi connectivity index (χ4n) is 4.34. The molecule has 11 nitrogen and oxygen atoms in total. The molecule has 1 aromatic rings. The second kappa shape index (κ2) is 9.97. The van der Waals surface area contributed by atoms with Crippen molar-refractivity contribution in [1.29, 1.82) is 0 Å². The molecule has 1 aliphatic heterocycles. The number of para-hydroxylation sites is 1. The van der Waals surface area contributed by atoms with E-state index in [2.05, 4.69) is 10.6 Å². The molecule has 3 rings (SSSR count). The van der Waals surface area contributed by atoms with Gasteiger partial charge in [0, 0.05) is 19.0 Å². The van der Waals surface area contributed by atoms with Crippen molar-refractivity contribution in [2.45, 2.75) is 70.1 Å². The lowest BCUT2D eigenvalue weighted by Gasteiger charge is -2.21. The van der Waals surface area contributed by atoms with E-state index >= 15 is 0 Å². The van der Waals surface area contributed by atoms with Crippen LogP contribution < -0.4 is 10.6 Å². The molecule has 2 N–H and O–H groups in total. The molecule has 4 amide bonds. The van der Waals surface area contributed by atoms with Gasteiger partial charge in [-0.05, 0) is 26.7 Å². The van der Waals surface area contributed by atoms with Crippen molar-refractivity contribution < 1.29 is 28.8 Å². The maximum absolute atomic E-state index is 12.7. The summed E-state index contributed by atoms with van der Waals surface area (Å²) in [5, 5.41) is 16.8. The molecular formula is C22H28N4O7. The highest BCUT2D eigenvalue weighted by atomic mass is 16.6. The van der Waals surface area contributed by atoms with Gasteiger partial charge in [0.1, 0.15) is 5.54 Å². The number of hydrogen-bond acceptors (Lipinski definition) is 7. The van der Waals surface area contributed by atoms with Crippen LogP contribution in [0.25, 0.3) is 0 Å². The molecule has 2 fully saturated rings. The van der Waals surface area contributed by atoms with E-state index in [1.807, 2.05) is 0 Å². The van der Waals surface area contributed by atoms with Crippen LogP contribution in [-0.4, -0.2) is 51.8 Å². The Kier molecular flexibility index (Phi) is 7.29. The monoisotopic (exact) mass is 460 g/mol. The van der Waals surface area contributed by atoms with Gasteiger partial charge >= 0.3 is 12.0 Å². The number of urea groups is 1. The molecular weight excluding hydrogens is 432 g/mol. The molecule has 11 heteroatoms. The molecule has 33 heavy (non-hydrogen) atoms. The molecule has 0 aromatic heterocycles. The van der Waals surface area contributed by atoms with Crippen molar-refractivity contribution in [3.05, 3.63) is 39.9 Å². The largest absolute Gasteiger partial charge is 0.463 e. The second-order valence-electron chi connectivity index (χ2n) is 8.60. The van der Waals surface area contributed by atoms with Crippen LogP contribution >= 0.6 is 0 Å². The molecule has 1 heterocycles.